The lowest BCUT2D eigenvalue weighted by Gasteiger charge is -2.21. The van der Waals surface area contributed by atoms with Gasteiger partial charge in [0.1, 0.15) is 4.90 Å². The van der Waals surface area contributed by atoms with E-state index in [1.165, 1.54) is 16.4 Å². The summed E-state index contributed by atoms with van der Waals surface area (Å²) < 4.78 is 27.6. The molecular weight excluding hydrogens is 396 g/mol. The number of nitrogens with zero attached hydrogens (tertiary/aromatic N) is 1. The van der Waals surface area contributed by atoms with Crippen LogP contribution in [0.2, 0.25) is 5.02 Å². The van der Waals surface area contributed by atoms with E-state index in [4.69, 9.17) is 11.6 Å². The van der Waals surface area contributed by atoms with Crippen LogP contribution < -0.4 is 5.32 Å². The summed E-state index contributed by atoms with van der Waals surface area (Å²) in [5.41, 5.74) is 2.38. The van der Waals surface area contributed by atoms with E-state index >= 15 is 0 Å². The van der Waals surface area contributed by atoms with Gasteiger partial charge in [-0.25, -0.2) is 8.42 Å². The van der Waals surface area contributed by atoms with E-state index < -0.39 is 10.0 Å². The quantitative estimate of drug-likeness (QED) is 0.790. The van der Waals surface area contributed by atoms with Gasteiger partial charge >= 0.3 is 0 Å². The molecule has 0 aromatic heterocycles. The molecule has 1 saturated heterocycles. The summed E-state index contributed by atoms with van der Waals surface area (Å²) in [6.45, 7) is 3.34. The molecule has 1 amide bonds. The van der Waals surface area contributed by atoms with Gasteiger partial charge in [0.15, 0.2) is 0 Å². The third kappa shape index (κ3) is 4.93. The number of aryl methyl sites for hydroxylation is 1. The van der Waals surface area contributed by atoms with Gasteiger partial charge < -0.3 is 5.32 Å². The van der Waals surface area contributed by atoms with Crippen molar-refractivity contribution in [3.63, 3.8) is 0 Å². The van der Waals surface area contributed by atoms with Crippen molar-refractivity contribution in [1.29, 1.82) is 0 Å². The zero-order valence-corrected chi connectivity index (χ0v) is 17.5. The summed E-state index contributed by atoms with van der Waals surface area (Å²) in [5.74, 6) is -0.328. The monoisotopic (exact) mass is 420 g/mol. The number of hydrogen-bond acceptors (Lipinski definition) is 3. The highest BCUT2D eigenvalue weighted by molar-refractivity contribution is 7.89. The van der Waals surface area contributed by atoms with Crippen LogP contribution in [0.25, 0.3) is 0 Å². The Morgan fingerprint density at radius 2 is 1.79 bits per heavy atom. The van der Waals surface area contributed by atoms with Gasteiger partial charge in [-0.15, -0.1) is 0 Å². The molecular formula is C21H25ClN2O3S. The molecule has 1 heterocycles. The molecule has 28 heavy (non-hydrogen) atoms. The largest absolute Gasteiger partial charge is 0.348 e. The molecule has 3 rings (SSSR count). The van der Waals surface area contributed by atoms with E-state index in [-0.39, 0.29) is 21.4 Å². The zero-order valence-electron chi connectivity index (χ0n) is 15.9. The molecule has 5 nitrogen and oxygen atoms in total. The number of carbonyl (C=O) groups excluding carboxylic acids is 1. The van der Waals surface area contributed by atoms with Crippen LogP contribution in [-0.4, -0.2) is 31.7 Å². The first-order chi connectivity index (χ1) is 13.4. The van der Waals surface area contributed by atoms with Crippen molar-refractivity contribution < 1.29 is 13.2 Å². The number of hydrogen-bond donors (Lipinski definition) is 1. The van der Waals surface area contributed by atoms with Crippen molar-refractivity contribution in [3.8, 4) is 0 Å². The minimum atomic E-state index is -3.72. The topological polar surface area (TPSA) is 66.5 Å². The van der Waals surface area contributed by atoms with E-state index in [1.807, 2.05) is 31.2 Å². The zero-order chi connectivity index (χ0) is 20.1. The molecule has 0 saturated carbocycles. The molecule has 1 N–H and O–H groups in total. The molecule has 0 bridgehead atoms. The summed E-state index contributed by atoms with van der Waals surface area (Å²) in [7, 11) is -3.72. The highest BCUT2D eigenvalue weighted by Gasteiger charge is 2.28. The third-order valence-corrected chi connectivity index (χ3v) is 7.29. The second-order valence-corrected chi connectivity index (χ2v) is 9.45. The van der Waals surface area contributed by atoms with Crippen LogP contribution in [0.1, 0.15) is 47.2 Å². The lowest BCUT2D eigenvalue weighted by Crippen LogP contribution is -2.32. The second kappa shape index (κ2) is 9.07. The fourth-order valence-corrected chi connectivity index (χ4v) is 5.39. The predicted molar refractivity (Wildman–Crippen MR) is 111 cm³/mol. The van der Waals surface area contributed by atoms with Crippen molar-refractivity contribution in [2.24, 2.45) is 0 Å². The molecule has 0 spiro atoms. The van der Waals surface area contributed by atoms with Crippen molar-refractivity contribution in [2.45, 2.75) is 44.0 Å². The van der Waals surface area contributed by atoms with E-state index in [9.17, 15) is 13.2 Å². The van der Waals surface area contributed by atoms with Crippen LogP contribution in [0.3, 0.4) is 0 Å². The van der Waals surface area contributed by atoms with Crippen LogP contribution in [-0.2, 0) is 16.6 Å². The maximum absolute atomic E-state index is 13.1. The molecule has 0 aliphatic carbocycles. The molecule has 1 aliphatic rings. The average Bonchev–Trinajstić information content (AvgIpc) is 2.96. The Hall–Kier alpha value is -1.89. The first-order valence-corrected chi connectivity index (χ1v) is 11.3. The van der Waals surface area contributed by atoms with Gasteiger partial charge in [0, 0.05) is 25.2 Å². The number of benzene rings is 2. The maximum atomic E-state index is 13.1. The summed E-state index contributed by atoms with van der Waals surface area (Å²) in [6.07, 6.45) is 3.74. The van der Waals surface area contributed by atoms with Gasteiger partial charge in [0.25, 0.3) is 5.91 Å². The lowest BCUT2D eigenvalue weighted by molar-refractivity contribution is 0.0950. The number of nitrogens with one attached hydrogen (secondary N) is 1. The molecule has 7 heteroatoms. The Morgan fingerprint density at radius 3 is 2.46 bits per heavy atom. The second-order valence-electron chi connectivity index (χ2n) is 7.14. The van der Waals surface area contributed by atoms with E-state index in [1.54, 1.807) is 6.07 Å². The van der Waals surface area contributed by atoms with Crippen LogP contribution in [0.15, 0.2) is 47.4 Å². The molecule has 2 aromatic rings. The van der Waals surface area contributed by atoms with Gasteiger partial charge in [-0.3, -0.25) is 4.79 Å². The number of carbonyl (C=O) groups is 1. The van der Waals surface area contributed by atoms with Gasteiger partial charge in [-0.05, 0) is 43.5 Å². The Labute approximate surface area is 171 Å². The molecule has 1 fully saturated rings. The van der Waals surface area contributed by atoms with Gasteiger partial charge in [-0.2, -0.15) is 4.31 Å². The summed E-state index contributed by atoms with van der Waals surface area (Å²) in [5, 5.41) is 2.98. The third-order valence-electron chi connectivity index (χ3n) is 4.91. The van der Waals surface area contributed by atoms with E-state index in [0.717, 1.165) is 36.8 Å². The lowest BCUT2D eigenvalue weighted by atomic mass is 10.1. The number of sulfonamides is 1. The number of rotatable bonds is 5. The summed E-state index contributed by atoms with van der Waals surface area (Å²) in [4.78, 5) is 12.6. The fraction of sp³-hybridized carbons (Fsp3) is 0.381. The molecule has 0 unspecified atom stereocenters. The van der Waals surface area contributed by atoms with Crippen molar-refractivity contribution in [3.05, 3.63) is 64.2 Å². The van der Waals surface area contributed by atoms with Crippen LogP contribution in [0.5, 0.6) is 0 Å². The fourth-order valence-electron chi connectivity index (χ4n) is 3.37. The molecule has 2 aromatic carbocycles. The summed E-state index contributed by atoms with van der Waals surface area (Å²) >= 11 is 6.20. The van der Waals surface area contributed by atoms with E-state index in [2.05, 4.69) is 5.32 Å². The predicted octanol–water partition coefficient (Wildman–Crippen LogP) is 4.14. The van der Waals surface area contributed by atoms with Crippen LogP contribution in [0, 0.1) is 6.92 Å². The smallest absolute Gasteiger partial charge is 0.251 e. The van der Waals surface area contributed by atoms with E-state index in [0.29, 0.717) is 19.6 Å². The Bertz CT molecular complexity index is 952. The summed E-state index contributed by atoms with van der Waals surface area (Å²) in [6, 6.07) is 12.3. The standard InChI is InChI=1S/C21H25ClN2O3S/c1-16-7-6-8-17(13-16)15-23-21(25)18-9-10-19(22)20(14-18)28(26,27)24-11-4-2-3-5-12-24/h6-10,13-14H,2-5,11-12,15H2,1H3,(H,23,25). The normalized spacial score (nSPS) is 15.8. The van der Waals surface area contributed by atoms with Gasteiger partial charge in [0.05, 0.1) is 5.02 Å². The Kier molecular flexibility index (Phi) is 6.75. The minimum Gasteiger partial charge on any atom is -0.348 e. The Balaban J connectivity index is 1.79. The number of amides is 1. The van der Waals surface area contributed by atoms with Crippen LogP contribution in [0.4, 0.5) is 0 Å². The SMILES string of the molecule is Cc1cccc(CNC(=O)c2ccc(Cl)c(S(=O)(=O)N3CCCCCC3)c2)c1. The first kappa shape index (κ1) is 20.8. The average molecular weight is 421 g/mol. The van der Waals surface area contributed by atoms with Gasteiger partial charge in [0.2, 0.25) is 10.0 Å². The molecule has 0 radical (unpaired) electrons. The van der Waals surface area contributed by atoms with Crippen molar-refractivity contribution >= 4 is 27.5 Å². The molecule has 0 atom stereocenters. The maximum Gasteiger partial charge on any atom is 0.251 e. The molecule has 150 valence electrons. The van der Waals surface area contributed by atoms with Crippen LogP contribution >= 0.6 is 11.6 Å². The van der Waals surface area contributed by atoms with Crippen molar-refractivity contribution in [2.75, 3.05) is 13.1 Å². The minimum absolute atomic E-state index is 0.000674. The Morgan fingerprint density at radius 1 is 1.07 bits per heavy atom. The van der Waals surface area contributed by atoms with Crippen molar-refractivity contribution in [1.82, 2.24) is 9.62 Å². The highest BCUT2D eigenvalue weighted by Crippen LogP contribution is 2.27. The first-order valence-electron chi connectivity index (χ1n) is 9.51. The molecule has 1 aliphatic heterocycles. The van der Waals surface area contributed by atoms with Gasteiger partial charge in [-0.1, -0.05) is 54.3 Å². The highest BCUT2D eigenvalue weighted by atomic mass is 35.5. The number of halogens is 1.